The predicted octanol–water partition coefficient (Wildman–Crippen LogP) is 4.41. The molecule has 1 amide bonds. The number of nitrogens with zero attached hydrogens (tertiary/aromatic N) is 2. The van der Waals surface area contributed by atoms with E-state index in [0.717, 1.165) is 27.9 Å². The van der Waals surface area contributed by atoms with Gasteiger partial charge in [-0.1, -0.05) is 20.8 Å². The summed E-state index contributed by atoms with van der Waals surface area (Å²) in [6.07, 6.45) is 2.60. The van der Waals surface area contributed by atoms with Crippen LogP contribution < -0.4 is 5.32 Å². The Hall–Kier alpha value is -1.40. The molecule has 0 aliphatic heterocycles. The Labute approximate surface area is 139 Å². The van der Waals surface area contributed by atoms with Gasteiger partial charge in [-0.2, -0.15) is 0 Å². The Bertz CT molecular complexity index is 635. The van der Waals surface area contributed by atoms with Gasteiger partial charge in [-0.15, -0.1) is 23.1 Å². The molecule has 0 atom stereocenters. The van der Waals surface area contributed by atoms with Gasteiger partial charge in [-0.05, 0) is 30.7 Å². The molecule has 22 heavy (non-hydrogen) atoms. The first-order chi connectivity index (χ1) is 10.5. The number of hydrogen-bond donors (Lipinski definition) is 1. The zero-order chi connectivity index (χ0) is 16.1. The quantitative estimate of drug-likeness (QED) is 0.795. The highest BCUT2D eigenvalue weighted by molar-refractivity contribution is 7.99. The molecule has 118 valence electrons. The lowest BCUT2D eigenvalue weighted by molar-refractivity contribution is 0.103. The lowest BCUT2D eigenvalue weighted by atomic mass is 10.1. The van der Waals surface area contributed by atoms with E-state index in [1.165, 1.54) is 11.3 Å². The average molecular weight is 335 g/mol. The van der Waals surface area contributed by atoms with E-state index in [1.54, 1.807) is 18.0 Å². The fourth-order valence-corrected chi connectivity index (χ4v) is 3.73. The summed E-state index contributed by atoms with van der Waals surface area (Å²) in [6, 6.07) is 3.81. The number of thioether (sulfide) groups is 1. The number of anilines is 1. The molecule has 4 nitrogen and oxygen atoms in total. The van der Waals surface area contributed by atoms with Gasteiger partial charge in [-0.25, -0.2) is 9.97 Å². The van der Waals surface area contributed by atoms with E-state index < -0.39 is 0 Å². The first-order valence-electron chi connectivity index (χ1n) is 7.36. The van der Waals surface area contributed by atoms with Crippen LogP contribution >= 0.6 is 23.1 Å². The molecule has 0 unspecified atom stereocenters. The number of amides is 1. The highest BCUT2D eigenvalue weighted by Gasteiger charge is 2.16. The second-order valence-corrected chi connectivity index (χ2v) is 7.76. The number of nitrogens with one attached hydrogen (secondary N) is 1. The van der Waals surface area contributed by atoms with Gasteiger partial charge < -0.3 is 5.32 Å². The minimum atomic E-state index is -0.109. The minimum absolute atomic E-state index is 0.109. The van der Waals surface area contributed by atoms with Crippen molar-refractivity contribution >= 4 is 34.7 Å². The van der Waals surface area contributed by atoms with Crippen LogP contribution in [0.4, 0.5) is 5.69 Å². The number of hydrogen-bond acceptors (Lipinski definition) is 5. The van der Waals surface area contributed by atoms with E-state index in [1.807, 2.05) is 19.1 Å². The average Bonchev–Trinajstić information content (AvgIpc) is 2.81. The lowest BCUT2D eigenvalue weighted by Crippen LogP contribution is -2.11. The summed E-state index contributed by atoms with van der Waals surface area (Å²) < 4.78 is 0. The van der Waals surface area contributed by atoms with Gasteiger partial charge >= 0.3 is 0 Å². The molecule has 2 heterocycles. The number of thiazole rings is 1. The van der Waals surface area contributed by atoms with Crippen molar-refractivity contribution in [3.63, 3.8) is 0 Å². The van der Waals surface area contributed by atoms with Crippen molar-refractivity contribution in [3.05, 3.63) is 33.9 Å². The maximum Gasteiger partial charge on any atom is 0.267 e. The third-order valence-electron chi connectivity index (χ3n) is 2.92. The molecule has 0 radical (unpaired) electrons. The van der Waals surface area contributed by atoms with Crippen molar-refractivity contribution in [2.24, 2.45) is 5.92 Å². The van der Waals surface area contributed by atoms with Gasteiger partial charge in [0.1, 0.15) is 4.88 Å². The lowest BCUT2D eigenvalue weighted by Gasteiger charge is -2.04. The summed E-state index contributed by atoms with van der Waals surface area (Å²) in [7, 11) is 0. The van der Waals surface area contributed by atoms with Crippen LogP contribution in [0.25, 0.3) is 0 Å². The van der Waals surface area contributed by atoms with Gasteiger partial charge in [0.05, 0.1) is 27.6 Å². The van der Waals surface area contributed by atoms with Gasteiger partial charge in [0.15, 0.2) is 0 Å². The van der Waals surface area contributed by atoms with E-state index in [-0.39, 0.29) is 5.91 Å². The monoisotopic (exact) mass is 335 g/mol. The van der Waals surface area contributed by atoms with E-state index in [9.17, 15) is 4.79 Å². The van der Waals surface area contributed by atoms with Crippen LogP contribution in [0.2, 0.25) is 0 Å². The number of rotatable bonds is 6. The zero-order valence-corrected chi connectivity index (χ0v) is 15.0. The van der Waals surface area contributed by atoms with Gasteiger partial charge in [0.2, 0.25) is 0 Å². The van der Waals surface area contributed by atoms with Crippen molar-refractivity contribution in [1.82, 2.24) is 9.97 Å². The molecule has 0 saturated carbocycles. The molecule has 0 fully saturated rings. The van der Waals surface area contributed by atoms with E-state index in [4.69, 9.17) is 0 Å². The van der Waals surface area contributed by atoms with Crippen LogP contribution in [-0.4, -0.2) is 21.6 Å². The Morgan fingerprint density at radius 2 is 2.18 bits per heavy atom. The van der Waals surface area contributed by atoms with E-state index >= 15 is 0 Å². The van der Waals surface area contributed by atoms with Crippen molar-refractivity contribution in [2.75, 3.05) is 11.1 Å². The number of carbonyl (C=O) groups is 1. The molecule has 0 aliphatic rings. The molecular formula is C16H21N3OS2. The predicted molar refractivity (Wildman–Crippen MR) is 94.0 cm³/mol. The van der Waals surface area contributed by atoms with Crippen molar-refractivity contribution in [3.8, 4) is 0 Å². The molecule has 0 spiro atoms. The first-order valence-corrected chi connectivity index (χ1v) is 9.16. The van der Waals surface area contributed by atoms with Crippen LogP contribution in [0.3, 0.4) is 0 Å². The van der Waals surface area contributed by atoms with E-state index in [2.05, 4.69) is 36.1 Å². The summed E-state index contributed by atoms with van der Waals surface area (Å²) in [5.41, 5.74) is 1.51. The zero-order valence-electron chi connectivity index (χ0n) is 13.3. The number of aromatic nitrogens is 2. The van der Waals surface area contributed by atoms with Crippen LogP contribution in [0.5, 0.6) is 0 Å². The maximum atomic E-state index is 12.4. The van der Waals surface area contributed by atoms with E-state index in [0.29, 0.717) is 16.5 Å². The highest BCUT2D eigenvalue weighted by Crippen LogP contribution is 2.22. The third-order valence-corrected chi connectivity index (χ3v) is 4.92. The van der Waals surface area contributed by atoms with Gasteiger partial charge in [-0.3, -0.25) is 4.79 Å². The van der Waals surface area contributed by atoms with Crippen molar-refractivity contribution < 1.29 is 4.79 Å². The molecule has 0 saturated heterocycles. The maximum absolute atomic E-state index is 12.4. The standard InChI is InChI=1S/C16H21N3OS2/c1-5-21-13-7-6-12(9-17-13)19-16(20)15-11(4)18-14(22-15)8-10(2)3/h6-7,9-10H,5,8H2,1-4H3,(H,19,20). The summed E-state index contributed by atoms with van der Waals surface area (Å²) in [5, 5.41) is 4.88. The summed E-state index contributed by atoms with van der Waals surface area (Å²) in [5.74, 6) is 1.41. The Balaban J connectivity index is 2.06. The largest absolute Gasteiger partial charge is 0.320 e. The minimum Gasteiger partial charge on any atom is -0.320 e. The molecule has 0 bridgehead atoms. The van der Waals surface area contributed by atoms with Gasteiger partial charge in [0.25, 0.3) is 5.91 Å². The highest BCUT2D eigenvalue weighted by atomic mass is 32.2. The van der Waals surface area contributed by atoms with Crippen molar-refractivity contribution in [2.45, 2.75) is 39.1 Å². The van der Waals surface area contributed by atoms with Crippen LogP contribution in [0.1, 0.15) is 41.1 Å². The smallest absolute Gasteiger partial charge is 0.267 e. The second-order valence-electron chi connectivity index (χ2n) is 5.39. The molecule has 1 N–H and O–H groups in total. The Kier molecular flexibility index (Phi) is 5.97. The first kappa shape index (κ1) is 17.0. The second kappa shape index (κ2) is 7.74. The molecule has 2 rings (SSSR count). The normalized spacial score (nSPS) is 11.0. The Morgan fingerprint density at radius 1 is 1.41 bits per heavy atom. The third kappa shape index (κ3) is 4.55. The molecule has 0 aliphatic carbocycles. The molecule has 6 heteroatoms. The number of aryl methyl sites for hydroxylation is 1. The van der Waals surface area contributed by atoms with Crippen LogP contribution in [0.15, 0.2) is 23.4 Å². The summed E-state index contributed by atoms with van der Waals surface area (Å²) >= 11 is 3.16. The topological polar surface area (TPSA) is 54.9 Å². The van der Waals surface area contributed by atoms with Crippen LogP contribution in [0, 0.1) is 12.8 Å². The summed E-state index contributed by atoms with van der Waals surface area (Å²) in [6.45, 7) is 8.27. The number of carbonyl (C=O) groups excluding carboxylic acids is 1. The fourth-order valence-electron chi connectivity index (χ4n) is 1.97. The molecule has 0 aromatic carbocycles. The SMILES string of the molecule is CCSc1ccc(NC(=O)c2sc(CC(C)C)nc2C)cn1. The molecular weight excluding hydrogens is 314 g/mol. The number of pyridine rings is 1. The molecule has 2 aromatic rings. The fraction of sp³-hybridized carbons (Fsp3) is 0.438. The Morgan fingerprint density at radius 3 is 2.77 bits per heavy atom. The van der Waals surface area contributed by atoms with Crippen molar-refractivity contribution in [1.29, 1.82) is 0 Å². The molecule has 2 aromatic heterocycles. The van der Waals surface area contributed by atoms with Gasteiger partial charge in [0, 0.05) is 6.42 Å². The van der Waals surface area contributed by atoms with Crippen LogP contribution in [-0.2, 0) is 6.42 Å². The summed E-state index contributed by atoms with van der Waals surface area (Å²) in [4.78, 5) is 21.9.